The summed E-state index contributed by atoms with van der Waals surface area (Å²) in [5.74, 6) is -0.479. The van der Waals surface area contributed by atoms with E-state index in [-0.39, 0.29) is 31.3 Å². The lowest BCUT2D eigenvalue weighted by atomic mass is 10.2. The minimum absolute atomic E-state index is 0.00725. The molecular weight excluding hydrogens is 294 g/mol. The number of benzene rings is 1. The largest absolute Gasteiger partial charge is 0.329 e. The molecule has 2 rings (SSSR count). The van der Waals surface area contributed by atoms with Crippen molar-refractivity contribution in [3.63, 3.8) is 0 Å². The molecule has 1 aliphatic rings. The number of carbonyl (C=O) groups is 2. The Morgan fingerprint density at radius 1 is 1.33 bits per heavy atom. The van der Waals surface area contributed by atoms with Gasteiger partial charge in [0.05, 0.1) is 12.3 Å². The number of imide groups is 1. The molecule has 2 N–H and O–H groups in total. The fraction of sp³-hybridized carbons (Fsp3) is 0.385. The SMILES string of the molecule is Cc1cccc(CS(=O)(=O)NCCN2C(=O)CNC2=O)c1. The van der Waals surface area contributed by atoms with Crippen molar-refractivity contribution in [2.75, 3.05) is 19.6 Å². The molecule has 1 aliphatic heterocycles. The first-order valence-corrected chi connectivity index (χ1v) is 8.14. The number of urea groups is 1. The minimum atomic E-state index is -3.50. The Bertz CT molecular complexity index is 641. The zero-order valence-corrected chi connectivity index (χ0v) is 12.4. The molecule has 0 radical (unpaired) electrons. The van der Waals surface area contributed by atoms with E-state index < -0.39 is 16.1 Å². The highest BCUT2D eigenvalue weighted by Gasteiger charge is 2.28. The topological polar surface area (TPSA) is 95.6 Å². The third kappa shape index (κ3) is 4.27. The highest BCUT2D eigenvalue weighted by molar-refractivity contribution is 7.88. The van der Waals surface area contributed by atoms with Crippen molar-refractivity contribution < 1.29 is 18.0 Å². The molecule has 1 heterocycles. The molecule has 0 aliphatic carbocycles. The predicted octanol–water partition coefficient (Wildman–Crippen LogP) is -0.0338. The van der Waals surface area contributed by atoms with Gasteiger partial charge in [-0.1, -0.05) is 29.8 Å². The Morgan fingerprint density at radius 2 is 2.10 bits per heavy atom. The molecule has 0 atom stereocenters. The molecule has 114 valence electrons. The van der Waals surface area contributed by atoms with Gasteiger partial charge in [-0.2, -0.15) is 0 Å². The maximum absolute atomic E-state index is 11.9. The Hall–Kier alpha value is -1.93. The van der Waals surface area contributed by atoms with Gasteiger partial charge >= 0.3 is 6.03 Å². The number of hydrogen-bond acceptors (Lipinski definition) is 4. The third-order valence-electron chi connectivity index (χ3n) is 3.03. The Balaban J connectivity index is 1.87. The van der Waals surface area contributed by atoms with E-state index in [2.05, 4.69) is 10.0 Å². The van der Waals surface area contributed by atoms with Crippen LogP contribution in [0.1, 0.15) is 11.1 Å². The van der Waals surface area contributed by atoms with Crippen LogP contribution in [0.25, 0.3) is 0 Å². The summed E-state index contributed by atoms with van der Waals surface area (Å²) in [5, 5.41) is 2.37. The molecule has 8 heteroatoms. The molecule has 0 bridgehead atoms. The maximum atomic E-state index is 11.9. The van der Waals surface area contributed by atoms with Gasteiger partial charge in [0.1, 0.15) is 0 Å². The van der Waals surface area contributed by atoms with E-state index in [4.69, 9.17) is 0 Å². The average Bonchev–Trinajstić information content (AvgIpc) is 2.69. The lowest BCUT2D eigenvalue weighted by Crippen LogP contribution is -2.39. The first-order valence-electron chi connectivity index (χ1n) is 6.48. The molecule has 3 amide bonds. The van der Waals surface area contributed by atoms with Crippen LogP contribution in [0.5, 0.6) is 0 Å². The van der Waals surface area contributed by atoms with Crippen molar-refractivity contribution >= 4 is 22.0 Å². The number of aryl methyl sites for hydroxylation is 1. The second-order valence-corrected chi connectivity index (χ2v) is 6.65. The van der Waals surface area contributed by atoms with Crippen LogP contribution in [-0.4, -0.2) is 44.9 Å². The van der Waals surface area contributed by atoms with E-state index in [1.165, 1.54) is 0 Å². The van der Waals surface area contributed by atoms with Gasteiger partial charge in [0.15, 0.2) is 0 Å². The maximum Gasteiger partial charge on any atom is 0.324 e. The van der Waals surface area contributed by atoms with Crippen LogP contribution in [0, 0.1) is 6.92 Å². The van der Waals surface area contributed by atoms with E-state index in [9.17, 15) is 18.0 Å². The zero-order chi connectivity index (χ0) is 15.5. The van der Waals surface area contributed by atoms with Crippen molar-refractivity contribution in [3.05, 3.63) is 35.4 Å². The third-order valence-corrected chi connectivity index (χ3v) is 4.39. The number of rotatable bonds is 6. The molecule has 1 aromatic carbocycles. The monoisotopic (exact) mass is 311 g/mol. The van der Waals surface area contributed by atoms with Crippen molar-refractivity contribution in [1.29, 1.82) is 0 Å². The molecule has 1 aromatic rings. The van der Waals surface area contributed by atoms with E-state index in [0.29, 0.717) is 5.56 Å². The Kier molecular flexibility index (Phi) is 4.59. The molecule has 21 heavy (non-hydrogen) atoms. The molecule has 1 saturated heterocycles. The van der Waals surface area contributed by atoms with Crippen LogP contribution < -0.4 is 10.0 Å². The summed E-state index contributed by atoms with van der Waals surface area (Å²) < 4.78 is 26.3. The lowest BCUT2D eigenvalue weighted by Gasteiger charge is -2.13. The quantitative estimate of drug-likeness (QED) is 0.721. The van der Waals surface area contributed by atoms with Crippen LogP contribution in [0.3, 0.4) is 0 Å². The summed E-state index contributed by atoms with van der Waals surface area (Å²) in [4.78, 5) is 23.6. The standard InChI is InChI=1S/C13H17N3O4S/c1-10-3-2-4-11(7-10)9-21(19,20)15-5-6-16-12(17)8-14-13(16)18/h2-4,7,15H,5-6,8-9H2,1H3,(H,14,18). The Morgan fingerprint density at radius 3 is 2.71 bits per heavy atom. The summed E-state index contributed by atoms with van der Waals surface area (Å²) in [5.41, 5.74) is 1.68. The number of nitrogens with zero attached hydrogens (tertiary/aromatic N) is 1. The fourth-order valence-corrected chi connectivity index (χ4v) is 3.19. The van der Waals surface area contributed by atoms with Gasteiger partial charge in [-0.15, -0.1) is 0 Å². The highest BCUT2D eigenvalue weighted by Crippen LogP contribution is 2.07. The molecule has 7 nitrogen and oxygen atoms in total. The lowest BCUT2D eigenvalue weighted by molar-refractivity contribution is -0.124. The van der Waals surface area contributed by atoms with Gasteiger partial charge < -0.3 is 5.32 Å². The van der Waals surface area contributed by atoms with Crippen molar-refractivity contribution in [1.82, 2.24) is 14.9 Å². The minimum Gasteiger partial charge on any atom is -0.329 e. The van der Waals surface area contributed by atoms with Crippen LogP contribution in [0.2, 0.25) is 0 Å². The van der Waals surface area contributed by atoms with E-state index in [1.807, 2.05) is 13.0 Å². The van der Waals surface area contributed by atoms with Gasteiger partial charge in [-0.3, -0.25) is 9.69 Å². The summed E-state index contributed by atoms with van der Waals surface area (Å²) in [7, 11) is -3.50. The zero-order valence-electron chi connectivity index (χ0n) is 11.6. The fourth-order valence-electron chi connectivity index (χ4n) is 2.07. The number of amides is 3. The predicted molar refractivity (Wildman–Crippen MR) is 76.9 cm³/mol. The summed E-state index contributed by atoms with van der Waals surface area (Å²) >= 11 is 0. The molecule has 0 saturated carbocycles. The smallest absolute Gasteiger partial charge is 0.324 e. The number of carbonyl (C=O) groups excluding carboxylic acids is 2. The van der Waals surface area contributed by atoms with Gasteiger partial charge in [0, 0.05) is 13.1 Å². The second-order valence-electron chi connectivity index (χ2n) is 4.85. The van der Waals surface area contributed by atoms with E-state index >= 15 is 0 Å². The molecule has 0 aromatic heterocycles. The van der Waals surface area contributed by atoms with Gasteiger partial charge in [0.25, 0.3) is 0 Å². The number of hydrogen-bond donors (Lipinski definition) is 2. The molecule has 1 fully saturated rings. The number of sulfonamides is 1. The average molecular weight is 311 g/mol. The van der Waals surface area contributed by atoms with E-state index in [1.54, 1.807) is 18.2 Å². The summed E-state index contributed by atoms with van der Waals surface area (Å²) in [6.07, 6.45) is 0. The van der Waals surface area contributed by atoms with Crippen LogP contribution in [0.4, 0.5) is 4.79 Å². The van der Waals surface area contributed by atoms with Crippen molar-refractivity contribution in [3.8, 4) is 0 Å². The van der Waals surface area contributed by atoms with E-state index in [0.717, 1.165) is 10.5 Å². The molecule has 0 spiro atoms. The molecule has 0 unspecified atom stereocenters. The van der Waals surface area contributed by atoms with Crippen LogP contribution in [-0.2, 0) is 20.6 Å². The van der Waals surface area contributed by atoms with Gasteiger partial charge in [0.2, 0.25) is 15.9 Å². The number of nitrogens with one attached hydrogen (secondary N) is 2. The first kappa shape index (κ1) is 15.5. The normalized spacial score (nSPS) is 15.4. The molecular formula is C13H17N3O4S. The van der Waals surface area contributed by atoms with Crippen molar-refractivity contribution in [2.24, 2.45) is 0 Å². The van der Waals surface area contributed by atoms with Gasteiger partial charge in [-0.25, -0.2) is 17.9 Å². The first-order chi connectivity index (χ1) is 9.87. The van der Waals surface area contributed by atoms with Crippen LogP contribution >= 0.6 is 0 Å². The Labute approximate surface area is 123 Å². The van der Waals surface area contributed by atoms with Crippen molar-refractivity contribution in [2.45, 2.75) is 12.7 Å². The second kappa shape index (κ2) is 6.23. The summed E-state index contributed by atoms with van der Waals surface area (Å²) in [6.45, 7) is 1.89. The van der Waals surface area contributed by atoms with Gasteiger partial charge in [-0.05, 0) is 12.5 Å². The van der Waals surface area contributed by atoms with Crippen LogP contribution in [0.15, 0.2) is 24.3 Å². The highest BCUT2D eigenvalue weighted by atomic mass is 32.2. The summed E-state index contributed by atoms with van der Waals surface area (Å²) in [6, 6.07) is 6.74.